The van der Waals surface area contributed by atoms with Gasteiger partial charge in [-0.15, -0.1) is 0 Å². The van der Waals surface area contributed by atoms with Crippen LogP contribution in [0.25, 0.3) is 0 Å². The van der Waals surface area contributed by atoms with Gasteiger partial charge >= 0.3 is 29.0 Å². The Morgan fingerprint density at radius 2 is 2.14 bits per heavy atom. The third kappa shape index (κ3) is 10.7. The summed E-state index contributed by atoms with van der Waals surface area (Å²) in [6.07, 6.45) is -0.153. The topological polar surface area (TPSA) is 57.5 Å². The summed E-state index contributed by atoms with van der Waals surface area (Å²) in [5, 5.41) is 15.6. The molecule has 0 fully saturated rings. The number of carboxylic acids is 1. The number of hydrogen-bond acceptors (Lipinski definition) is 2. The minimum Gasteiger partial charge on any atom is -1.00 e. The number of carbonyl (C=O) groups is 1. The molecule has 2 N–H and O–H groups in total. The first-order valence-corrected chi connectivity index (χ1v) is 1.60. The smallest absolute Gasteiger partial charge is 1.00 e. The minimum absolute atomic E-state index is 0. The Hall–Kier alpha value is 0.196. The average Bonchev–Trinajstić information content (AvgIpc) is 1.35. The van der Waals surface area contributed by atoms with Gasteiger partial charge in [-0.2, -0.15) is 0 Å². The van der Waals surface area contributed by atoms with Crippen LogP contribution in [0.2, 0.25) is 0 Å². The molecular formula is C3H8MgO3. The molecular weight excluding hydrogens is 108 g/mol. The van der Waals surface area contributed by atoms with E-state index in [1.807, 2.05) is 0 Å². The second kappa shape index (κ2) is 6.20. The Balaban J connectivity index is -0.0000000417. The Bertz CT molecular complexity index is 61.0. The van der Waals surface area contributed by atoms with Crippen LogP contribution >= 0.6 is 0 Å². The fourth-order valence-corrected chi connectivity index (χ4v) is 0.0956. The molecule has 0 aliphatic carbocycles. The molecule has 0 aromatic carbocycles. The molecule has 0 heterocycles. The molecule has 0 radical (unpaired) electrons. The average molecular weight is 116 g/mol. The van der Waals surface area contributed by atoms with Gasteiger partial charge in [-0.3, -0.25) is 4.79 Å². The van der Waals surface area contributed by atoms with E-state index in [1.165, 1.54) is 0 Å². The normalized spacial score (nSPS) is 7.00. The van der Waals surface area contributed by atoms with E-state index < -0.39 is 5.97 Å². The number of rotatable bonds is 2. The van der Waals surface area contributed by atoms with E-state index in [4.69, 9.17) is 10.2 Å². The molecule has 0 saturated heterocycles. The maximum absolute atomic E-state index is 9.44. The van der Waals surface area contributed by atoms with Crippen molar-refractivity contribution >= 4 is 29.0 Å². The molecule has 3 nitrogen and oxygen atoms in total. The minimum atomic E-state index is -0.961. The Labute approximate surface area is 60.5 Å². The van der Waals surface area contributed by atoms with Crippen LogP contribution in [0.15, 0.2) is 0 Å². The zero-order chi connectivity index (χ0) is 4.99. The van der Waals surface area contributed by atoms with Gasteiger partial charge < -0.3 is 13.1 Å². The third-order valence-electron chi connectivity index (χ3n) is 0.326. The number of carboxylic acid groups (broad SMARTS) is 1. The number of aliphatic hydroxyl groups is 1. The molecule has 0 amide bonds. The van der Waals surface area contributed by atoms with E-state index in [0.717, 1.165) is 0 Å². The van der Waals surface area contributed by atoms with Gasteiger partial charge in [-0.05, 0) is 0 Å². The van der Waals surface area contributed by atoms with Gasteiger partial charge in [0.15, 0.2) is 0 Å². The first-order chi connectivity index (χ1) is 2.77. The van der Waals surface area contributed by atoms with E-state index in [2.05, 4.69) is 0 Å². The van der Waals surface area contributed by atoms with E-state index in [0.29, 0.717) is 0 Å². The van der Waals surface area contributed by atoms with Gasteiger partial charge in [-0.25, -0.2) is 0 Å². The van der Waals surface area contributed by atoms with Crippen molar-refractivity contribution in [3.05, 3.63) is 0 Å². The van der Waals surface area contributed by atoms with Crippen molar-refractivity contribution in [2.75, 3.05) is 6.61 Å². The Kier molecular flexibility index (Phi) is 9.06. The predicted octanol–water partition coefficient (Wildman–Crippen LogP) is -0.702. The largest absolute Gasteiger partial charge is 2.00 e. The standard InChI is InChI=1S/C3H6O3.Mg.2H/c4-2-1-3(5)6;;;/h4H,1-2H2,(H,5,6);;;/q;+2;2*-1. The maximum Gasteiger partial charge on any atom is 2.00 e. The summed E-state index contributed by atoms with van der Waals surface area (Å²) >= 11 is 0. The van der Waals surface area contributed by atoms with E-state index in [9.17, 15) is 4.79 Å². The summed E-state index contributed by atoms with van der Waals surface area (Å²) in [6, 6.07) is 0. The van der Waals surface area contributed by atoms with Crippen LogP contribution in [0.1, 0.15) is 9.27 Å². The number of aliphatic carboxylic acids is 1. The quantitative estimate of drug-likeness (QED) is 0.469. The monoisotopic (exact) mass is 116 g/mol. The summed E-state index contributed by atoms with van der Waals surface area (Å²) in [5.74, 6) is -0.961. The molecule has 0 atom stereocenters. The molecule has 0 aromatic heterocycles. The zero-order valence-electron chi connectivity index (χ0n) is 5.92. The van der Waals surface area contributed by atoms with E-state index in [1.54, 1.807) is 0 Å². The number of hydrogen-bond donors (Lipinski definition) is 2. The van der Waals surface area contributed by atoms with Crippen LogP contribution in [-0.2, 0) is 4.79 Å². The van der Waals surface area contributed by atoms with Crippen LogP contribution in [-0.4, -0.2) is 45.8 Å². The van der Waals surface area contributed by atoms with Gasteiger partial charge in [0, 0.05) is 0 Å². The Morgan fingerprint density at radius 3 is 2.14 bits per heavy atom. The zero-order valence-corrected chi connectivity index (χ0v) is 5.34. The van der Waals surface area contributed by atoms with Crippen molar-refractivity contribution in [1.82, 2.24) is 0 Å². The van der Waals surface area contributed by atoms with Gasteiger partial charge in [0.05, 0.1) is 13.0 Å². The first kappa shape index (κ1) is 10.2. The van der Waals surface area contributed by atoms with Crippen LogP contribution in [0.4, 0.5) is 0 Å². The van der Waals surface area contributed by atoms with Gasteiger partial charge in [0.2, 0.25) is 0 Å². The first-order valence-electron chi connectivity index (χ1n) is 1.60. The molecule has 40 valence electrons. The van der Waals surface area contributed by atoms with Crippen molar-refractivity contribution in [3.63, 3.8) is 0 Å². The third-order valence-corrected chi connectivity index (χ3v) is 0.326. The summed E-state index contributed by atoms with van der Waals surface area (Å²) < 4.78 is 0. The molecule has 0 aromatic rings. The van der Waals surface area contributed by atoms with Crippen molar-refractivity contribution in [2.45, 2.75) is 6.42 Å². The van der Waals surface area contributed by atoms with Crippen LogP contribution in [0.3, 0.4) is 0 Å². The van der Waals surface area contributed by atoms with Crippen LogP contribution < -0.4 is 0 Å². The van der Waals surface area contributed by atoms with Gasteiger partial charge in [0.1, 0.15) is 0 Å². The fraction of sp³-hybridized carbons (Fsp3) is 0.667. The number of aliphatic hydroxyl groups excluding tert-OH is 1. The molecule has 0 rings (SSSR count). The van der Waals surface area contributed by atoms with E-state index >= 15 is 0 Å². The van der Waals surface area contributed by atoms with Gasteiger partial charge in [-0.1, -0.05) is 0 Å². The molecule has 0 saturated carbocycles. The Morgan fingerprint density at radius 1 is 1.71 bits per heavy atom. The maximum atomic E-state index is 9.44. The van der Waals surface area contributed by atoms with Crippen LogP contribution in [0.5, 0.6) is 0 Å². The molecule has 0 aliphatic heterocycles. The van der Waals surface area contributed by atoms with Crippen molar-refractivity contribution < 1.29 is 17.9 Å². The second-order valence-electron chi connectivity index (χ2n) is 0.867. The molecule has 7 heavy (non-hydrogen) atoms. The van der Waals surface area contributed by atoms with E-state index in [-0.39, 0.29) is 38.9 Å². The summed E-state index contributed by atoms with van der Waals surface area (Å²) in [5.41, 5.74) is 0. The van der Waals surface area contributed by atoms with Crippen LogP contribution in [0, 0.1) is 0 Å². The molecule has 0 aliphatic rings. The van der Waals surface area contributed by atoms with Gasteiger partial charge in [0.25, 0.3) is 0 Å². The van der Waals surface area contributed by atoms with Crippen molar-refractivity contribution in [1.29, 1.82) is 0 Å². The molecule has 0 spiro atoms. The summed E-state index contributed by atoms with van der Waals surface area (Å²) in [6.45, 7) is -0.269. The summed E-state index contributed by atoms with van der Waals surface area (Å²) in [4.78, 5) is 9.44. The molecule has 4 heteroatoms. The van der Waals surface area contributed by atoms with Crippen molar-refractivity contribution in [3.8, 4) is 0 Å². The SMILES string of the molecule is O=C(O)CCO.[H-].[H-].[Mg+2]. The predicted molar refractivity (Wildman–Crippen MR) is 27.3 cm³/mol. The fourth-order valence-electron chi connectivity index (χ4n) is 0.0956. The second-order valence-corrected chi connectivity index (χ2v) is 0.867. The molecule has 0 bridgehead atoms. The van der Waals surface area contributed by atoms with Crippen molar-refractivity contribution in [2.24, 2.45) is 0 Å². The summed E-state index contributed by atoms with van der Waals surface area (Å²) in [7, 11) is 0. The molecule has 0 unspecified atom stereocenters.